The van der Waals surface area contributed by atoms with Crippen LogP contribution in [0.15, 0.2) is 24.3 Å². The average Bonchev–Trinajstić information content (AvgIpc) is 2.53. The number of hydrogen-bond donors (Lipinski definition) is 1. The second kappa shape index (κ2) is 6.69. The summed E-state index contributed by atoms with van der Waals surface area (Å²) in [6.07, 6.45) is 5.40. The maximum absolute atomic E-state index is 12.3. The number of ether oxygens (including phenoxy) is 1. The van der Waals surface area contributed by atoms with Crippen molar-refractivity contribution in [2.45, 2.75) is 37.5 Å². The van der Waals surface area contributed by atoms with E-state index in [1.54, 1.807) is 0 Å². The summed E-state index contributed by atoms with van der Waals surface area (Å²) in [5.74, 6) is 1.34. The summed E-state index contributed by atoms with van der Waals surface area (Å²) in [7, 11) is 0. The van der Waals surface area contributed by atoms with Crippen LogP contribution in [0.4, 0.5) is 0 Å². The van der Waals surface area contributed by atoms with Gasteiger partial charge in [0.05, 0.1) is 5.92 Å². The number of halogens is 1. The highest BCUT2D eigenvalue weighted by Crippen LogP contribution is 2.29. The Balaban J connectivity index is 1.52. The van der Waals surface area contributed by atoms with Crippen molar-refractivity contribution < 1.29 is 9.53 Å². The number of nitrogens with one attached hydrogen (secondary N) is 1. The lowest BCUT2D eigenvalue weighted by Crippen LogP contribution is -2.41. The van der Waals surface area contributed by atoms with Crippen LogP contribution in [0.2, 0.25) is 0 Å². The molecule has 3 rings (SSSR count). The Morgan fingerprint density at radius 1 is 1.29 bits per heavy atom. The SMILES string of the molecule is O=C(NCC1CCCCC1Cl)C1COc2ccccc2C1. The number of carbonyl (C=O) groups excluding carboxylic acids is 1. The Morgan fingerprint density at radius 2 is 2.10 bits per heavy atom. The molecule has 0 saturated heterocycles. The van der Waals surface area contributed by atoms with Crippen molar-refractivity contribution in [1.29, 1.82) is 0 Å². The summed E-state index contributed by atoms with van der Waals surface area (Å²) in [5, 5.41) is 3.29. The van der Waals surface area contributed by atoms with Gasteiger partial charge in [-0.15, -0.1) is 11.6 Å². The van der Waals surface area contributed by atoms with Crippen molar-refractivity contribution in [1.82, 2.24) is 5.32 Å². The molecular formula is C17H22ClNO2. The first-order valence-electron chi connectivity index (χ1n) is 7.86. The Labute approximate surface area is 131 Å². The van der Waals surface area contributed by atoms with Gasteiger partial charge in [0.2, 0.25) is 5.91 Å². The molecule has 3 nitrogen and oxygen atoms in total. The Morgan fingerprint density at radius 3 is 2.95 bits per heavy atom. The van der Waals surface area contributed by atoms with Crippen LogP contribution in [0.5, 0.6) is 5.75 Å². The van der Waals surface area contributed by atoms with Gasteiger partial charge in [-0.3, -0.25) is 4.79 Å². The first-order valence-corrected chi connectivity index (χ1v) is 8.30. The molecule has 0 spiro atoms. The molecule has 1 saturated carbocycles. The van der Waals surface area contributed by atoms with Crippen molar-refractivity contribution in [2.24, 2.45) is 11.8 Å². The summed E-state index contributed by atoms with van der Waals surface area (Å²) < 4.78 is 5.68. The molecule has 114 valence electrons. The quantitative estimate of drug-likeness (QED) is 0.871. The molecule has 3 unspecified atom stereocenters. The highest BCUT2D eigenvalue weighted by Gasteiger charge is 2.28. The zero-order valence-electron chi connectivity index (χ0n) is 12.2. The molecule has 2 aliphatic rings. The lowest BCUT2D eigenvalue weighted by Gasteiger charge is -2.29. The molecule has 1 aromatic carbocycles. The zero-order chi connectivity index (χ0) is 14.7. The third-order valence-electron chi connectivity index (χ3n) is 4.60. The summed E-state index contributed by atoms with van der Waals surface area (Å²) in [5.41, 5.74) is 1.12. The van der Waals surface area contributed by atoms with E-state index in [0.717, 1.165) is 30.6 Å². The van der Waals surface area contributed by atoms with Gasteiger partial charge >= 0.3 is 0 Å². The van der Waals surface area contributed by atoms with E-state index in [1.807, 2.05) is 24.3 Å². The van der Waals surface area contributed by atoms with Crippen LogP contribution >= 0.6 is 11.6 Å². The number of fused-ring (bicyclic) bond motifs is 1. The van der Waals surface area contributed by atoms with Gasteiger partial charge in [0.15, 0.2) is 0 Å². The van der Waals surface area contributed by atoms with E-state index in [0.29, 0.717) is 19.1 Å². The second-order valence-corrected chi connectivity index (χ2v) is 6.69. The normalized spacial score (nSPS) is 28.3. The fraction of sp³-hybridized carbons (Fsp3) is 0.588. The minimum absolute atomic E-state index is 0.0859. The number of alkyl halides is 1. The second-order valence-electron chi connectivity index (χ2n) is 6.13. The maximum atomic E-state index is 12.3. The monoisotopic (exact) mass is 307 g/mol. The summed E-state index contributed by atoms with van der Waals surface area (Å²) in [6.45, 7) is 1.17. The third-order valence-corrected chi connectivity index (χ3v) is 5.18. The van der Waals surface area contributed by atoms with Gasteiger partial charge in [-0.1, -0.05) is 31.0 Å². The Hall–Kier alpha value is -1.22. The lowest BCUT2D eigenvalue weighted by atomic mass is 9.88. The van der Waals surface area contributed by atoms with Gasteiger partial charge in [-0.05, 0) is 36.8 Å². The topological polar surface area (TPSA) is 38.3 Å². The number of carbonyl (C=O) groups is 1. The van der Waals surface area contributed by atoms with Gasteiger partial charge in [-0.2, -0.15) is 0 Å². The molecule has 3 atom stereocenters. The van der Waals surface area contributed by atoms with Crippen LogP contribution in [0.1, 0.15) is 31.2 Å². The van der Waals surface area contributed by atoms with Crippen molar-refractivity contribution in [2.75, 3.05) is 13.2 Å². The third kappa shape index (κ3) is 3.52. The first-order chi connectivity index (χ1) is 10.2. The van der Waals surface area contributed by atoms with Crippen molar-refractivity contribution >= 4 is 17.5 Å². The molecule has 1 aliphatic heterocycles. The van der Waals surface area contributed by atoms with Crippen LogP contribution in [0.25, 0.3) is 0 Å². The average molecular weight is 308 g/mol. The molecule has 0 bridgehead atoms. The number of benzene rings is 1. The minimum atomic E-state index is -0.0859. The summed E-state index contributed by atoms with van der Waals surface area (Å²) in [6, 6.07) is 7.94. The Bertz CT molecular complexity index is 505. The summed E-state index contributed by atoms with van der Waals surface area (Å²) >= 11 is 6.34. The van der Waals surface area contributed by atoms with E-state index < -0.39 is 0 Å². The van der Waals surface area contributed by atoms with Crippen molar-refractivity contribution in [3.63, 3.8) is 0 Å². The predicted octanol–water partition coefficient (Wildman–Crippen LogP) is 3.15. The molecule has 1 aliphatic carbocycles. The largest absolute Gasteiger partial charge is 0.492 e. The highest BCUT2D eigenvalue weighted by molar-refractivity contribution is 6.20. The predicted molar refractivity (Wildman–Crippen MR) is 83.7 cm³/mol. The van der Waals surface area contributed by atoms with Gasteiger partial charge in [0.1, 0.15) is 12.4 Å². The highest BCUT2D eigenvalue weighted by atomic mass is 35.5. The van der Waals surface area contributed by atoms with E-state index in [2.05, 4.69) is 5.32 Å². The Kier molecular flexibility index (Phi) is 4.69. The molecule has 1 amide bonds. The van der Waals surface area contributed by atoms with Crippen LogP contribution in [0.3, 0.4) is 0 Å². The molecule has 1 N–H and O–H groups in total. The van der Waals surface area contributed by atoms with E-state index in [9.17, 15) is 4.79 Å². The minimum Gasteiger partial charge on any atom is -0.492 e. The van der Waals surface area contributed by atoms with Crippen LogP contribution in [0, 0.1) is 11.8 Å². The molecule has 4 heteroatoms. The van der Waals surface area contributed by atoms with Crippen molar-refractivity contribution in [3.8, 4) is 5.75 Å². The van der Waals surface area contributed by atoms with Crippen LogP contribution < -0.4 is 10.1 Å². The fourth-order valence-corrected chi connectivity index (χ4v) is 3.63. The molecule has 1 fully saturated rings. The maximum Gasteiger partial charge on any atom is 0.226 e. The van der Waals surface area contributed by atoms with E-state index in [-0.39, 0.29) is 17.2 Å². The fourth-order valence-electron chi connectivity index (χ4n) is 3.26. The van der Waals surface area contributed by atoms with E-state index in [1.165, 1.54) is 12.8 Å². The van der Waals surface area contributed by atoms with Crippen molar-refractivity contribution in [3.05, 3.63) is 29.8 Å². The number of rotatable bonds is 3. The zero-order valence-corrected chi connectivity index (χ0v) is 12.9. The van der Waals surface area contributed by atoms with E-state index >= 15 is 0 Å². The number of amides is 1. The lowest BCUT2D eigenvalue weighted by molar-refractivity contribution is -0.126. The van der Waals surface area contributed by atoms with Crippen LogP contribution in [-0.2, 0) is 11.2 Å². The molecule has 1 heterocycles. The van der Waals surface area contributed by atoms with Gasteiger partial charge in [-0.25, -0.2) is 0 Å². The smallest absolute Gasteiger partial charge is 0.226 e. The number of hydrogen-bond acceptors (Lipinski definition) is 2. The summed E-state index contributed by atoms with van der Waals surface area (Å²) in [4.78, 5) is 12.3. The van der Waals surface area contributed by atoms with Gasteiger partial charge in [0.25, 0.3) is 0 Å². The molecule has 0 radical (unpaired) electrons. The number of para-hydroxylation sites is 1. The van der Waals surface area contributed by atoms with Crippen LogP contribution in [-0.4, -0.2) is 24.4 Å². The molecule has 21 heavy (non-hydrogen) atoms. The van der Waals surface area contributed by atoms with E-state index in [4.69, 9.17) is 16.3 Å². The van der Waals surface area contributed by atoms with Gasteiger partial charge in [0, 0.05) is 11.9 Å². The standard InChI is InChI=1S/C17H22ClNO2/c18-15-7-3-1-6-13(15)10-19-17(20)14-9-12-5-2-4-8-16(12)21-11-14/h2,4-5,8,13-15H,1,3,6-7,9-11H2,(H,19,20). The molecule has 1 aromatic rings. The molecule has 0 aromatic heterocycles. The van der Waals surface area contributed by atoms with Gasteiger partial charge < -0.3 is 10.1 Å². The molecular weight excluding hydrogens is 286 g/mol. The first kappa shape index (κ1) is 14.7.